The molecule has 18 heavy (non-hydrogen) atoms. The van der Waals surface area contributed by atoms with E-state index in [1.54, 1.807) is 6.07 Å². The summed E-state index contributed by atoms with van der Waals surface area (Å²) in [5, 5.41) is 9.95. The number of hydrogen-bond donors (Lipinski definition) is 2. The molecule has 5 heteroatoms. The van der Waals surface area contributed by atoms with E-state index < -0.39 is 0 Å². The predicted octanol–water partition coefficient (Wildman–Crippen LogP) is 1.94. The summed E-state index contributed by atoms with van der Waals surface area (Å²) in [5.41, 5.74) is 6.62. The summed E-state index contributed by atoms with van der Waals surface area (Å²) in [6.07, 6.45) is 1.06. The molecule has 98 valence electrons. The average Bonchev–Trinajstić information content (AvgIpc) is 2.41. The van der Waals surface area contributed by atoms with Crippen LogP contribution in [0.5, 0.6) is 5.75 Å². The van der Waals surface area contributed by atoms with Crippen LogP contribution in [0, 0.1) is 0 Å². The standard InChI is InChI=1S/C13H18N2O2S/c1-2-10-8-15(5-6-18-10)13(17)11-7-9(16)3-4-12(11)14/h3-4,7,10,16H,2,5-6,8,14H2,1H3. The van der Waals surface area contributed by atoms with E-state index in [1.807, 2.05) is 16.7 Å². The quantitative estimate of drug-likeness (QED) is 0.634. The van der Waals surface area contributed by atoms with Crippen LogP contribution >= 0.6 is 11.8 Å². The summed E-state index contributed by atoms with van der Waals surface area (Å²) in [4.78, 5) is 14.2. The minimum absolute atomic E-state index is 0.0750. The summed E-state index contributed by atoms with van der Waals surface area (Å²) in [6.45, 7) is 3.64. The SMILES string of the molecule is CCC1CN(C(=O)c2cc(O)ccc2N)CCS1. The zero-order valence-electron chi connectivity index (χ0n) is 10.4. The summed E-state index contributed by atoms with van der Waals surface area (Å²) in [6, 6.07) is 4.51. The van der Waals surface area contributed by atoms with Crippen molar-refractivity contribution in [2.75, 3.05) is 24.6 Å². The van der Waals surface area contributed by atoms with Crippen LogP contribution in [0.2, 0.25) is 0 Å². The number of benzene rings is 1. The van der Waals surface area contributed by atoms with E-state index in [0.29, 0.717) is 16.5 Å². The van der Waals surface area contributed by atoms with Crippen LogP contribution in [0.25, 0.3) is 0 Å². The third kappa shape index (κ3) is 2.72. The van der Waals surface area contributed by atoms with E-state index in [9.17, 15) is 9.90 Å². The first-order chi connectivity index (χ1) is 8.61. The average molecular weight is 266 g/mol. The number of nitrogens with two attached hydrogens (primary N) is 1. The Bertz CT molecular complexity index is 451. The first-order valence-electron chi connectivity index (χ1n) is 6.11. The van der Waals surface area contributed by atoms with Gasteiger partial charge in [-0.05, 0) is 24.6 Å². The second-order valence-electron chi connectivity index (χ2n) is 4.42. The second kappa shape index (κ2) is 5.52. The van der Waals surface area contributed by atoms with E-state index in [0.717, 1.165) is 25.3 Å². The molecule has 0 saturated carbocycles. The zero-order chi connectivity index (χ0) is 13.1. The molecule has 0 radical (unpaired) electrons. The third-order valence-electron chi connectivity index (χ3n) is 3.15. The molecule has 1 atom stereocenters. The van der Waals surface area contributed by atoms with Crippen LogP contribution in [0.4, 0.5) is 5.69 Å². The molecule has 0 spiro atoms. The zero-order valence-corrected chi connectivity index (χ0v) is 11.2. The molecule has 1 aromatic carbocycles. The Kier molecular flexibility index (Phi) is 4.01. The minimum atomic E-state index is -0.0813. The lowest BCUT2D eigenvalue weighted by Gasteiger charge is -2.32. The molecule has 0 aromatic heterocycles. The van der Waals surface area contributed by atoms with E-state index in [4.69, 9.17) is 5.73 Å². The normalized spacial score (nSPS) is 19.8. The molecule has 2 rings (SSSR count). The summed E-state index contributed by atoms with van der Waals surface area (Å²) < 4.78 is 0. The number of phenolic OH excluding ortho intramolecular Hbond substituents is 1. The Balaban J connectivity index is 2.17. The van der Waals surface area contributed by atoms with Crippen LogP contribution in [-0.2, 0) is 0 Å². The van der Waals surface area contributed by atoms with Gasteiger partial charge in [-0.2, -0.15) is 11.8 Å². The van der Waals surface area contributed by atoms with Gasteiger partial charge in [0, 0.05) is 29.8 Å². The van der Waals surface area contributed by atoms with Crippen LogP contribution in [0.1, 0.15) is 23.7 Å². The van der Waals surface area contributed by atoms with E-state index >= 15 is 0 Å². The highest BCUT2D eigenvalue weighted by Gasteiger charge is 2.25. The monoisotopic (exact) mass is 266 g/mol. The van der Waals surface area contributed by atoms with Crippen molar-refractivity contribution < 1.29 is 9.90 Å². The number of phenols is 1. The highest BCUT2D eigenvalue weighted by atomic mass is 32.2. The van der Waals surface area contributed by atoms with Gasteiger partial charge in [-0.25, -0.2) is 0 Å². The number of amides is 1. The fourth-order valence-corrected chi connectivity index (χ4v) is 3.23. The smallest absolute Gasteiger partial charge is 0.256 e. The van der Waals surface area contributed by atoms with Crippen LogP contribution in [0.3, 0.4) is 0 Å². The van der Waals surface area contributed by atoms with Crippen LogP contribution < -0.4 is 5.73 Å². The molecule has 1 saturated heterocycles. The number of rotatable bonds is 2. The fraction of sp³-hybridized carbons (Fsp3) is 0.462. The first kappa shape index (κ1) is 13.1. The van der Waals surface area contributed by atoms with Crippen molar-refractivity contribution in [1.29, 1.82) is 0 Å². The van der Waals surface area contributed by atoms with Crippen LogP contribution in [-0.4, -0.2) is 40.0 Å². The maximum atomic E-state index is 12.4. The number of carbonyl (C=O) groups is 1. The highest BCUT2D eigenvalue weighted by Crippen LogP contribution is 2.25. The maximum Gasteiger partial charge on any atom is 0.256 e. The summed E-state index contributed by atoms with van der Waals surface area (Å²) >= 11 is 1.91. The lowest BCUT2D eigenvalue weighted by molar-refractivity contribution is 0.0761. The molecule has 1 aliphatic rings. The molecule has 1 heterocycles. The van der Waals surface area contributed by atoms with Gasteiger partial charge in [0.05, 0.1) is 5.56 Å². The van der Waals surface area contributed by atoms with Crippen molar-refractivity contribution in [3.05, 3.63) is 23.8 Å². The van der Waals surface area contributed by atoms with Crippen molar-refractivity contribution in [3.63, 3.8) is 0 Å². The number of nitrogens with zero attached hydrogens (tertiary/aromatic N) is 1. The van der Waals surface area contributed by atoms with Crippen molar-refractivity contribution in [3.8, 4) is 5.75 Å². The van der Waals surface area contributed by atoms with Gasteiger partial charge in [0.2, 0.25) is 0 Å². The predicted molar refractivity (Wildman–Crippen MR) is 75.0 cm³/mol. The number of aromatic hydroxyl groups is 1. The van der Waals surface area contributed by atoms with Gasteiger partial charge in [0.15, 0.2) is 0 Å². The van der Waals surface area contributed by atoms with Gasteiger partial charge in [-0.1, -0.05) is 6.92 Å². The van der Waals surface area contributed by atoms with Gasteiger partial charge < -0.3 is 15.7 Å². The Morgan fingerprint density at radius 1 is 1.61 bits per heavy atom. The fourth-order valence-electron chi connectivity index (χ4n) is 2.05. The molecule has 1 fully saturated rings. The Morgan fingerprint density at radius 2 is 2.39 bits per heavy atom. The van der Waals surface area contributed by atoms with E-state index in [-0.39, 0.29) is 11.7 Å². The van der Waals surface area contributed by atoms with Crippen LogP contribution in [0.15, 0.2) is 18.2 Å². The number of hydrogen-bond acceptors (Lipinski definition) is 4. The maximum absolute atomic E-state index is 12.4. The number of nitrogen functional groups attached to an aromatic ring is 1. The molecular weight excluding hydrogens is 248 g/mol. The van der Waals surface area contributed by atoms with Gasteiger partial charge in [0.1, 0.15) is 5.75 Å². The van der Waals surface area contributed by atoms with Crippen molar-refractivity contribution in [2.45, 2.75) is 18.6 Å². The highest BCUT2D eigenvalue weighted by molar-refractivity contribution is 8.00. The molecule has 0 aliphatic carbocycles. The lowest BCUT2D eigenvalue weighted by Crippen LogP contribution is -2.41. The summed E-state index contributed by atoms with van der Waals surface area (Å²) in [7, 11) is 0. The molecule has 3 N–H and O–H groups in total. The molecule has 4 nitrogen and oxygen atoms in total. The van der Waals surface area contributed by atoms with Gasteiger partial charge in [-0.15, -0.1) is 0 Å². The van der Waals surface area contributed by atoms with E-state index in [2.05, 4.69) is 6.92 Å². The van der Waals surface area contributed by atoms with E-state index in [1.165, 1.54) is 12.1 Å². The largest absolute Gasteiger partial charge is 0.508 e. The minimum Gasteiger partial charge on any atom is -0.508 e. The lowest BCUT2D eigenvalue weighted by atomic mass is 10.1. The van der Waals surface area contributed by atoms with Gasteiger partial charge >= 0.3 is 0 Å². The molecule has 1 unspecified atom stereocenters. The summed E-state index contributed by atoms with van der Waals surface area (Å²) in [5.74, 6) is 0.955. The van der Waals surface area contributed by atoms with Crippen molar-refractivity contribution in [2.24, 2.45) is 0 Å². The van der Waals surface area contributed by atoms with Gasteiger partial charge in [-0.3, -0.25) is 4.79 Å². The molecule has 1 aliphatic heterocycles. The number of carbonyl (C=O) groups excluding carboxylic acids is 1. The molecule has 0 bridgehead atoms. The topological polar surface area (TPSA) is 66.6 Å². The Labute approximate surface area is 111 Å². The Hall–Kier alpha value is -1.36. The second-order valence-corrected chi connectivity index (χ2v) is 5.83. The van der Waals surface area contributed by atoms with Crippen molar-refractivity contribution in [1.82, 2.24) is 4.90 Å². The third-order valence-corrected chi connectivity index (χ3v) is 4.52. The molecule has 1 amide bonds. The van der Waals surface area contributed by atoms with Gasteiger partial charge in [0.25, 0.3) is 5.91 Å². The molecular formula is C13H18N2O2S. The first-order valence-corrected chi connectivity index (χ1v) is 7.16. The van der Waals surface area contributed by atoms with Crippen molar-refractivity contribution >= 4 is 23.4 Å². The molecule has 1 aromatic rings. The number of thioether (sulfide) groups is 1. The number of anilines is 1. The Morgan fingerprint density at radius 3 is 3.11 bits per heavy atom.